The molecule has 8 nitrogen and oxygen atoms in total. The zero-order valence-corrected chi connectivity index (χ0v) is 15.5. The number of benzene rings is 2. The van der Waals surface area contributed by atoms with E-state index in [1.54, 1.807) is 36.4 Å². The Labute approximate surface area is 165 Å². The molecule has 0 saturated carbocycles. The number of carbonyl (C=O) groups excluding carboxylic acids is 2. The minimum atomic E-state index is -0.628. The second-order valence-corrected chi connectivity index (χ2v) is 6.00. The molecule has 0 radical (unpaired) electrons. The number of pyridine rings is 1. The number of aromatic nitrogens is 1. The van der Waals surface area contributed by atoms with Gasteiger partial charge in [0.1, 0.15) is 13.2 Å². The first-order chi connectivity index (χ1) is 14.0. The largest absolute Gasteiger partial charge is 0.445 e. The summed E-state index contributed by atoms with van der Waals surface area (Å²) in [5.41, 5.74) is 1.80. The van der Waals surface area contributed by atoms with Crippen LogP contribution in [-0.4, -0.2) is 30.4 Å². The van der Waals surface area contributed by atoms with Crippen molar-refractivity contribution in [3.05, 3.63) is 71.9 Å². The van der Waals surface area contributed by atoms with E-state index in [1.165, 1.54) is 12.2 Å². The average molecular weight is 393 g/mol. The predicted octanol–water partition coefficient (Wildman–Crippen LogP) is 4.15. The highest BCUT2D eigenvalue weighted by Gasteiger charge is 2.10. The van der Waals surface area contributed by atoms with Gasteiger partial charge in [0.2, 0.25) is 0 Å². The lowest BCUT2D eigenvalue weighted by atomic mass is 10.1. The van der Waals surface area contributed by atoms with Gasteiger partial charge in [0.15, 0.2) is 5.43 Å². The molecule has 0 aliphatic rings. The van der Waals surface area contributed by atoms with Gasteiger partial charge in [-0.15, -0.1) is 0 Å². The van der Waals surface area contributed by atoms with Crippen molar-refractivity contribution in [3.63, 3.8) is 0 Å². The molecule has 1 aromatic heterocycles. The molecule has 0 spiro atoms. The van der Waals surface area contributed by atoms with Crippen LogP contribution in [0.2, 0.25) is 0 Å². The van der Waals surface area contributed by atoms with Gasteiger partial charge in [0.05, 0.1) is 11.0 Å². The van der Waals surface area contributed by atoms with Crippen LogP contribution in [0, 0.1) is 0 Å². The number of fused-ring (bicyclic) bond motifs is 2. The third-order valence-corrected chi connectivity index (χ3v) is 3.96. The van der Waals surface area contributed by atoms with Crippen molar-refractivity contribution in [3.8, 4) is 0 Å². The van der Waals surface area contributed by atoms with E-state index in [4.69, 9.17) is 9.47 Å². The predicted molar refractivity (Wildman–Crippen MR) is 112 cm³/mol. The Balaban J connectivity index is 1.93. The van der Waals surface area contributed by atoms with Crippen molar-refractivity contribution in [1.82, 2.24) is 4.98 Å². The molecule has 0 atom stereocenters. The smallest absolute Gasteiger partial charge is 0.411 e. The molecule has 0 aliphatic carbocycles. The normalized spacial score (nSPS) is 10.3. The molecule has 0 unspecified atom stereocenters. The quantitative estimate of drug-likeness (QED) is 0.430. The first-order valence-corrected chi connectivity index (χ1v) is 8.71. The Bertz CT molecular complexity index is 1080. The van der Waals surface area contributed by atoms with E-state index in [1.807, 2.05) is 0 Å². The molecule has 3 aromatic rings. The van der Waals surface area contributed by atoms with E-state index in [0.717, 1.165) is 0 Å². The molecule has 29 heavy (non-hydrogen) atoms. The molecule has 0 aliphatic heterocycles. The summed E-state index contributed by atoms with van der Waals surface area (Å²) >= 11 is 0. The summed E-state index contributed by atoms with van der Waals surface area (Å²) in [6.45, 7) is 7.13. The second-order valence-electron chi connectivity index (χ2n) is 6.00. The molecule has 148 valence electrons. The first kappa shape index (κ1) is 19.7. The van der Waals surface area contributed by atoms with Gasteiger partial charge in [0.25, 0.3) is 0 Å². The first-order valence-electron chi connectivity index (χ1n) is 8.71. The van der Waals surface area contributed by atoms with Gasteiger partial charge >= 0.3 is 12.2 Å². The van der Waals surface area contributed by atoms with Gasteiger partial charge in [-0.05, 0) is 36.4 Å². The summed E-state index contributed by atoms with van der Waals surface area (Å²) in [5.74, 6) is 0. The maximum atomic E-state index is 12.8. The van der Waals surface area contributed by atoms with E-state index in [9.17, 15) is 14.4 Å². The lowest BCUT2D eigenvalue weighted by molar-refractivity contribution is 0.173. The highest BCUT2D eigenvalue weighted by Crippen LogP contribution is 2.21. The number of rotatable bonds is 6. The van der Waals surface area contributed by atoms with E-state index in [0.29, 0.717) is 33.2 Å². The Kier molecular flexibility index (Phi) is 5.94. The number of ether oxygens (including phenoxy) is 2. The van der Waals surface area contributed by atoms with Crippen molar-refractivity contribution < 1.29 is 19.1 Å². The SMILES string of the molecule is C=CCOC(=O)Nc1ccc2c(=O)c3ccc(NC(=O)OCC=C)cc3[nH]c2c1. The van der Waals surface area contributed by atoms with Crippen molar-refractivity contribution >= 4 is 45.4 Å². The lowest BCUT2D eigenvalue weighted by Crippen LogP contribution is -2.14. The fourth-order valence-electron chi connectivity index (χ4n) is 2.71. The number of carbonyl (C=O) groups is 2. The van der Waals surface area contributed by atoms with Gasteiger partial charge in [-0.2, -0.15) is 0 Å². The van der Waals surface area contributed by atoms with Crippen molar-refractivity contribution in [2.24, 2.45) is 0 Å². The number of hydrogen-bond donors (Lipinski definition) is 3. The van der Waals surface area contributed by atoms with Gasteiger partial charge in [-0.3, -0.25) is 15.4 Å². The van der Waals surface area contributed by atoms with Crippen LogP contribution in [0.15, 0.2) is 66.5 Å². The topological polar surface area (TPSA) is 110 Å². The van der Waals surface area contributed by atoms with Crippen LogP contribution in [0.4, 0.5) is 21.0 Å². The molecule has 2 aromatic carbocycles. The van der Waals surface area contributed by atoms with Crippen molar-refractivity contribution in [2.75, 3.05) is 23.8 Å². The highest BCUT2D eigenvalue weighted by molar-refractivity contribution is 5.97. The number of H-pyrrole nitrogens is 1. The van der Waals surface area contributed by atoms with Crippen LogP contribution < -0.4 is 16.1 Å². The van der Waals surface area contributed by atoms with Gasteiger partial charge in [-0.25, -0.2) is 9.59 Å². The minimum Gasteiger partial charge on any atom is -0.445 e. The van der Waals surface area contributed by atoms with Crippen LogP contribution in [0.1, 0.15) is 0 Å². The summed E-state index contributed by atoms with van der Waals surface area (Å²) < 4.78 is 9.77. The number of hydrogen-bond acceptors (Lipinski definition) is 5. The zero-order chi connectivity index (χ0) is 20.8. The minimum absolute atomic E-state index is 0.0892. The maximum absolute atomic E-state index is 12.8. The molecular formula is C21H19N3O5. The molecule has 2 amide bonds. The number of anilines is 2. The Morgan fingerprint density at radius 3 is 1.72 bits per heavy atom. The number of aromatic amines is 1. The lowest BCUT2D eigenvalue weighted by Gasteiger charge is -2.09. The summed E-state index contributed by atoms with van der Waals surface area (Å²) in [5, 5.41) is 6.09. The Hall–Kier alpha value is -4.07. The van der Waals surface area contributed by atoms with Crippen LogP contribution in [0.5, 0.6) is 0 Å². The summed E-state index contributed by atoms with van der Waals surface area (Å²) in [7, 11) is 0. The van der Waals surface area contributed by atoms with Gasteiger partial charge < -0.3 is 14.5 Å². The standard InChI is InChI=1S/C21H19N3O5/c1-3-9-28-20(26)22-13-5-7-15-17(11-13)24-18-12-14(6-8-16(18)19(15)25)23-21(27)29-10-4-2/h3-8,11-12H,1-2,9-10H2,(H,22,26)(H,23,27)(H,24,25). The second kappa shape index (κ2) is 8.75. The van der Waals surface area contributed by atoms with E-state index in [-0.39, 0.29) is 18.6 Å². The molecule has 3 N–H and O–H groups in total. The summed E-state index contributed by atoms with van der Waals surface area (Å²) in [6.07, 6.45) is 1.67. The van der Waals surface area contributed by atoms with Crippen LogP contribution in [0.3, 0.4) is 0 Å². The number of nitrogens with one attached hydrogen (secondary N) is 3. The Morgan fingerprint density at radius 2 is 1.31 bits per heavy atom. The maximum Gasteiger partial charge on any atom is 0.411 e. The molecule has 1 heterocycles. The molecule has 3 rings (SSSR count). The van der Waals surface area contributed by atoms with Crippen LogP contribution >= 0.6 is 0 Å². The molecule has 0 saturated heterocycles. The molecule has 0 fully saturated rings. The highest BCUT2D eigenvalue weighted by atomic mass is 16.6. The van der Waals surface area contributed by atoms with E-state index < -0.39 is 12.2 Å². The fourth-order valence-corrected chi connectivity index (χ4v) is 2.71. The molecular weight excluding hydrogens is 374 g/mol. The Morgan fingerprint density at radius 1 is 0.862 bits per heavy atom. The van der Waals surface area contributed by atoms with Crippen LogP contribution in [0.25, 0.3) is 21.8 Å². The fraction of sp³-hybridized carbons (Fsp3) is 0.0952. The molecule has 8 heteroatoms. The third-order valence-electron chi connectivity index (χ3n) is 3.96. The zero-order valence-electron chi connectivity index (χ0n) is 15.5. The van der Waals surface area contributed by atoms with Crippen molar-refractivity contribution in [1.29, 1.82) is 0 Å². The average Bonchev–Trinajstić information content (AvgIpc) is 2.70. The van der Waals surface area contributed by atoms with Crippen molar-refractivity contribution in [2.45, 2.75) is 0 Å². The van der Waals surface area contributed by atoms with Gasteiger partial charge in [0, 0.05) is 22.1 Å². The molecule has 0 bridgehead atoms. The van der Waals surface area contributed by atoms with Gasteiger partial charge in [-0.1, -0.05) is 25.3 Å². The van der Waals surface area contributed by atoms with Crippen LogP contribution in [-0.2, 0) is 9.47 Å². The summed E-state index contributed by atoms with van der Waals surface area (Å²) in [4.78, 5) is 39.3. The number of amides is 2. The summed E-state index contributed by atoms with van der Waals surface area (Å²) in [6, 6.07) is 9.73. The van der Waals surface area contributed by atoms with E-state index in [2.05, 4.69) is 28.8 Å². The monoisotopic (exact) mass is 393 g/mol. The van der Waals surface area contributed by atoms with E-state index >= 15 is 0 Å². The third kappa shape index (κ3) is 4.62.